The van der Waals surface area contributed by atoms with Gasteiger partial charge in [-0.1, -0.05) is 30.5 Å². The molecule has 0 aliphatic heterocycles. The number of rotatable bonds is 4. The minimum atomic E-state index is -4.43. The van der Waals surface area contributed by atoms with Crippen LogP contribution in [-0.4, -0.2) is 16.1 Å². The van der Waals surface area contributed by atoms with Crippen LogP contribution < -0.4 is 5.32 Å². The first-order chi connectivity index (χ1) is 12.3. The van der Waals surface area contributed by atoms with Crippen molar-refractivity contribution in [2.45, 2.75) is 44.4 Å². The van der Waals surface area contributed by atoms with Gasteiger partial charge in [0, 0.05) is 10.9 Å². The molecule has 26 heavy (non-hydrogen) atoms. The van der Waals surface area contributed by atoms with Gasteiger partial charge in [-0.3, -0.25) is 0 Å². The van der Waals surface area contributed by atoms with Gasteiger partial charge in [0.1, 0.15) is 0 Å². The van der Waals surface area contributed by atoms with Crippen LogP contribution in [-0.2, 0) is 12.7 Å². The lowest BCUT2D eigenvalue weighted by atomic mass is 10.2. The number of thiophene rings is 1. The second kappa shape index (κ2) is 8.15. The van der Waals surface area contributed by atoms with E-state index in [4.69, 9.17) is 23.8 Å². The Hall–Kier alpha value is -1.31. The largest absolute Gasteiger partial charge is 0.416 e. The van der Waals surface area contributed by atoms with E-state index in [-0.39, 0.29) is 10.7 Å². The molecule has 1 saturated carbocycles. The molecule has 8 heteroatoms. The van der Waals surface area contributed by atoms with Crippen molar-refractivity contribution in [2.75, 3.05) is 5.32 Å². The standard InChI is InChI=1S/C18H18ClF3N2S2/c19-15-8-7-12(18(20,21)22)10-16(15)23-17(25)24(13-4-1-2-5-13)11-14-6-3-9-26-14/h3,6-10,13H,1-2,4-5,11H2,(H,23,25). The summed E-state index contributed by atoms with van der Waals surface area (Å²) in [5.74, 6) is 0. The predicted molar refractivity (Wildman–Crippen MR) is 105 cm³/mol. The summed E-state index contributed by atoms with van der Waals surface area (Å²) in [5.41, 5.74) is -0.571. The van der Waals surface area contributed by atoms with Gasteiger partial charge in [-0.05, 0) is 54.7 Å². The number of thiocarbonyl (C=S) groups is 1. The number of alkyl halides is 3. The average Bonchev–Trinajstić information content (AvgIpc) is 3.27. The molecule has 1 aromatic heterocycles. The molecule has 1 fully saturated rings. The summed E-state index contributed by atoms with van der Waals surface area (Å²) in [6.07, 6.45) is -0.0884. The van der Waals surface area contributed by atoms with Crippen LogP contribution in [0.5, 0.6) is 0 Å². The van der Waals surface area contributed by atoms with E-state index in [1.165, 1.54) is 6.07 Å². The van der Waals surface area contributed by atoms with Crippen molar-refractivity contribution in [3.8, 4) is 0 Å². The number of halogens is 4. The Morgan fingerprint density at radius 1 is 1.27 bits per heavy atom. The van der Waals surface area contributed by atoms with Crippen molar-refractivity contribution < 1.29 is 13.2 Å². The minimum Gasteiger partial charge on any atom is -0.341 e. The lowest BCUT2D eigenvalue weighted by Gasteiger charge is -2.31. The lowest BCUT2D eigenvalue weighted by molar-refractivity contribution is -0.137. The fourth-order valence-corrected chi connectivity index (χ4v) is 4.33. The van der Waals surface area contributed by atoms with Gasteiger partial charge in [0.15, 0.2) is 5.11 Å². The number of benzene rings is 1. The van der Waals surface area contributed by atoms with Gasteiger partial charge >= 0.3 is 6.18 Å². The van der Waals surface area contributed by atoms with Crippen LogP contribution in [0.15, 0.2) is 35.7 Å². The Labute approximate surface area is 165 Å². The molecule has 1 heterocycles. The summed E-state index contributed by atoms with van der Waals surface area (Å²) < 4.78 is 38.9. The van der Waals surface area contributed by atoms with Gasteiger partial charge in [0.25, 0.3) is 0 Å². The molecule has 1 aliphatic carbocycles. The maximum Gasteiger partial charge on any atom is 0.416 e. The normalized spacial score (nSPS) is 15.2. The Bertz CT molecular complexity index is 756. The van der Waals surface area contributed by atoms with Crippen LogP contribution in [0.3, 0.4) is 0 Å². The zero-order valence-electron chi connectivity index (χ0n) is 13.9. The first kappa shape index (κ1) is 19.5. The first-order valence-corrected chi connectivity index (χ1v) is 9.98. The summed E-state index contributed by atoms with van der Waals surface area (Å²) in [6, 6.07) is 7.53. The fourth-order valence-electron chi connectivity index (χ4n) is 3.14. The van der Waals surface area contributed by atoms with Crippen LogP contribution in [0.2, 0.25) is 5.02 Å². The zero-order valence-corrected chi connectivity index (χ0v) is 16.2. The van der Waals surface area contributed by atoms with E-state index in [0.29, 0.717) is 17.7 Å². The SMILES string of the molecule is FC(F)(F)c1ccc(Cl)c(NC(=S)N(Cc2cccs2)C2CCCC2)c1. The molecule has 0 atom stereocenters. The molecule has 0 bridgehead atoms. The maximum atomic E-state index is 13.0. The van der Waals surface area contributed by atoms with Crippen LogP contribution in [0, 0.1) is 0 Å². The highest BCUT2D eigenvalue weighted by Crippen LogP contribution is 2.34. The second-order valence-electron chi connectivity index (χ2n) is 6.27. The van der Waals surface area contributed by atoms with Crippen LogP contribution in [0.25, 0.3) is 0 Å². The molecule has 0 radical (unpaired) electrons. The molecule has 3 rings (SSSR count). The first-order valence-electron chi connectivity index (χ1n) is 8.31. The molecule has 0 saturated heterocycles. The van der Waals surface area contributed by atoms with Crippen LogP contribution in [0.4, 0.5) is 18.9 Å². The van der Waals surface area contributed by atoms with Crippen molar-refractivity contribution in [1.29, 1.82) is 0 Å². The zero-order chi connectivity index (χ0) is 18.7. The van der Waals surface area contributed by atoms with Gasteiger partial charge in [-0.2, -0.15) is 13.2 Å². The Morgan fingerprint density at radius 2 is 2.00 bits per heavy atom. The molecular formula is C18H18ClF3N2S2. The maximum absolute atomic E-state index is 13.0. The monoisotopic (exact) mass is 418 g/mol. The molecule has 0 amide bonds. The fraction of sp³-hybridized carbons (Fsp3) is 0.389. The molecule has 2 nitrogen and oxygen atoms in total. The highest BCUT2D eigenvalue weighted by Gasteiger charge is 2.31. The van der Waals surface area contributed by atoms with E-state index in [9.17, 15) is 13.2 Å². The van der Waals surface area contributed by atoms with Gasteiger partial charge in [-0.15, -0.1) is 11.3 Å². The van der Waals surface area contributed by atoms with E-state index in [1.54, 1.807) is 11.3 Å². The number of nitrogens with one attached hydrogen (secondary N) is 1. The van der Waals surface area contributed by atoms with Crippen molar-refractivity contribution in [3.05, 3.63) is 51.2 Å². The molecule has 0 unspecified atom stereocenters. The third-order valence-corrected chi connectivity index (χ3v) is 6.00. The van der Waals surface area contributed by atoms with Crippen molar-refractivity contribution in [3.63, 3.8) is 0 Å². The van der Waals surface area contributed by atoms with Crippen LogP contribution in [0.1, 0.15) is 36.1 Å². The Kier molecular flexibility index (Phi) is 6.10. The Balaban J connectivity index is 1.81. The molecule has 1 N–H and O–H groups in total. The molecule has 140 valence electrons. The number of nitrogens with zero attached hydrogens (tertiary/aromatic N) is 1. The van der Waals surface area contributed by atoms with Gasteiger partial charge < -0.3 is 10.2 Å². The molecule has 2 aromatic rings. The lowest BCUT2D eigenvalue weighted by Crippen LogP contribution is -2.40. The van der Waals surface area contributed by atoms with Crippen molar-refractivity contribution in [1.82, 2.24) is 4.90 Å². The summed E-state index contributed by atoms with van der Waals surface area (Å²) in [5, 5.41) is 5.56. The minimum absolute atomic E-state index is 0.181. The highest BCUT2D eigenvalue weighted by atomic mass is 35.5. The number of hydrogen-bond donors (Lipinski definition) is 1. The summed E-state index contributed by atoms with van der Waals surface area (Å²) >= 11 is 13.3. The third kappa shape index (κ3) is 4.69. The Morgan fingerprint density at radius 3 is 2.62 bits per heavy atom. The predicted octanol–water partition coefficient (Wildman–Crippen LogP) is 6.56. The van der Waals surface area contributed by atoms with E-state index in [0.717, 1.165) is 42.7 Å². The average molecular weight is 419 g/mol. The number of anilines is 1. The second-order valence-corrected chi connectivity index (χ2v) is 8.09. The van der Waals surface area contributed by atoms with Gasteiger partial charge in [-0.25, -0.2) is 0 Å². The van der Waals surface area contributed by atoms with Gasteiger partial charge in [0.2, 0.25) is 0 Å². The van der Waals surface area contributed by atoms with E-state index >= 15 is 0 Å². The molecule has 1 aromatic carbocycles. The number of hydrogen-bond acceptors (Lipinski definition) is 2. The smallest absolute Gasteiger partial charge is 0.341 e. The molecular weight excluding hydrogens is 401 g/mol. The summed E-state index contributed by atoms with van der Waals surface area (Å²) in [7, 11) is 0. The quantitative estimate of drug-likeness (QED) is 0.566. The summed E-state index contributed by atoms with van der Waals surface area (Å²) in [4.78, 5) is 3.24. The molecule has 0 spiro atoms. The highest BCUT2D eigenvalue weighted by molar-refractivity contribution is 7.80. The van der Waals surface area contributed by atoms with Crippen molar-refractivity contribution in [2.24, 2.45) is 0 Å². The van der Waals surface area contributed by atoms with Crippen LogP contribution >= 0.6 is 35.2 Å². The van der Waals surface area contributed by atoms with E-state index < -0.39 is 11.7 Å². The summed E-state index contributed by atoms with van der Waals surface area (Å²) in [6.45, 7) is 0.644. The van der Waals surface area contributed by atoms with Gasteiger partial charge in [0.05, 0.1) is 22.8 Å². The molecule has 1 aliphatic rings. The topological polar surface area (TPSA) is 15.3 Å². The van der Waals surface area contributed by atoms with Crippen molar-refractivity contribution >= 4 is 46.0 Å². The van der Waals surface area contributed by atoms with E-state index in [1.807, 2.05) is 17.5 Å². The third-order valence-electron chi connectivity index (χ3n) is 4.47. The van der Waals surface area contributed by atoms with E-state index in [2.05, 4.69) is 10.2 Å².